The number of benzene rings is 1. The summed E-state index contributed by atoms with van der Waals surface area (Å²) in [4.78, 5) is 12.0. The number of nitrogens with one attached hydrogen (secondary N) is 1. The number of hydrogen-bond acceptors (Lipinski definition) is 4. The third kappa shape index (κ3) is 6.03. The van der Waals surface area contributed by atoms with Gasteiger partial charge >= 0.3 is 0 Å². The van der Waals surface area contributed by atoms with Gasteiger partial charge in [0.05, 0.1) is 4.90 Å². The average molecular weight is 334 g/mol. The Morgan fingerprint density at radius 1 is 1.38 bits per heavy atom. The molecule has 1 rings (SSSR count). The summed E-state index contributed by atoms with van der Waals surface area (Å²) in [6, 6.07) is 5.64. The highest BCUT2D eigenvalue weighted by atomic mass is 35.7. The lowest BCUT2D eigenvalue weighted by Gasteiger charge is -2.24. The molecule has 0 unspecified atom stereocenters. The van der Waals surface area contributed by atoms with E-state index in [-0.39, 0.29) is 21.8 Å². The first-order valence-corrected chi connectivity index (χ1v) is 8.78. The van der Waals surface area contributed by atoms with Gasteiger partial charge in [-0.25, -0.2) is 8.42 Å². The van der Waals surface area contributed by atoms with Crippen LogP contribution in [0.25, 0.3) is 0 Å². The number of methoxy groups -OCH3 is 1. The van der Waals surface area contributed by atoms with Crippen LogP contribution >= 0.6 is 10.7 Å². The number of hydrogen-bond donors (Lipinski definition) is 1. The Morgan fingerprint density at radius 3 is 2.62 bits per heavy atom. The predicted octanol–water partition coefficient (Wildman–Crippen LogP) is 2.41. The van der Waals surface area contributed by atoms with Crippen LogP contribution in [-0.2, 0) is 13.8 Å². The van der Waals surface area contributed by atoms with E-state index in [9.17, 15) is 13.2 Å². The Labute approximate surface area is 130 Å². The lowest BCUT2D eigenvalue weighted by Crippen LogP contribution is -2.34. The van der Waals surface area contributed by atoms with Gasteiger partial charge in [-0.05, 0) is 30.0 Å². The fraction of sp³-hybridized carbons (Fsp3) is 0.500. The first kappa shape index (κ1) is 17.9. The fourth-order valence-electron chi connectivity index (χ4n) is 1.68. The summed E-state index contributed by atoms with van der Waals surface area (Å²) in [7, 11) is 3.06. The van der Waals surface area contributed by atoms with Gasteiger partial charge in [-0.3, -0.25) is 4.79 Å². The average Bonchev–Trinajstić information content (AvgIpc) is 2.42. The maximum atomic E-state index is 12.1. The Morgan fingerprint density at radius 2 is 2.05 bits per heavy atom. The van der Waals surface area contributed by atoms with Gasteiger partial charge in [0, 0.05) is 36.5 Å². The number of halogens is 1. The summed E-state index contributed by atoms with van der Waals surface area (Å²) in [6.07, 6.45) is 0.805. The van der Waals surface area contributed by atoms with E-state index in [1.807, 2.05) is 13.8 Å². The molecule has 5 nitrogen and oxygen atoms in total. The normalized spacial score (nSPS) is 12.2. The SMILES string of the molecule is COCCC(C)(C)CNC(=O)c1cccc(S(=O)(=O)Cl)c1. The zero-order valence-corrected chi connectivity index (χ0v) is 13.9. The van der Waals surface area contributed by atoms with Gasteiger partial charge < -0.3 is 10.1 Å². The maximum absolute atomic E-state index is 12.1. The third-order valence-electron chi connectivity index (χ3n) is 3.09. The van der Waals surface area contributed by atoms with E-state index >= 15 is 0 Å². The molecule has 1 aromatic carbocycles. The van der Waals surface area contributed by atoms with E-state index < -0.39 is 9.05 Å². The second-order valence-electron chi connectivity index (χ2n) is 5.56. The molecule has 0 aliphatic carbocycles. The maximum Gasteiger partial charge on any atom is 0.261 e. The molecule has 1 N–H and O–H groups in total. The predicted molar refractivity (Wildman–Crippen MR) is 82.1 cm³/mol. The van der Waals surface area contributed by atoms with Crippen LogP contribution in [0.3, 0.4) is 0 Å². The zero-order chi connectivity index (χ0) is 16.1. The lowest BCUT2D eigenvalue weighted by molar-refractivity contribution is 0.0920. The van der Waals surface area contributed by atoms with Gasteiger partial charge in [0.25, 0.3) is 15.0 Å². The van der Waals surface area contributed by atoms with Gasteiger partial charge in [0.1, 0.15) is 0 Å². The van der Waals surface area contributed by atoms with E-state index in [1.165, 1.54) is 18.2 Å². The molecule has 0 atom stereocenters. The van der Waals surface area contributed by atoms with Gasteiger partial charge in [0.2, 0.25) is 0 Å². The minimum atomic E-state index is -3.84. The van der Waals surface area contributed by atoms with Crippen LogP contribution < -0.4 is 5.32 Å². The first-order chi connectivity index (χ1) is 9.65. The van der Waals surface area contributed by atoms with Crippen molar-refractivity contribution in [3.05, 3.63) is 29.8 Å². The molecule has 1 aromatic rings. The minimum Gasteiger partial charge on any atom is -0.385 e. The topological polar surface area (TPSA) is 72.5 Å². The van der Waals surface area contributed by atoms with Gasteiger partial charge in [-0.2, -0.15) is 0 Å². The first-order valence-electron chi connectivity index (χ1n) is 6.47. The summed E-state index contributed by atoms with van der Waals surface area (Å²) in [5, 5.41) is 2.79. The molecule has 21 heavy (non-hydrogen) atoms. The van der Waals surface area contributed by atoms with E-state index in [0.717, 1.165) is 6.42 Å². The van der Waals surface area contributed by atoms with E-state index in [0.29, 0.717) is 13.2 Å². The quantitative estimate of drug-likeness (QED) is 0.778. The van der Waals surface area contributed by atoms with Gasteiger partial charge in [0.15, 0.2) is 0 Å². The molecule has 0 radical (unpaired) electrons. The highest BCUT2D eigenvalue weighted by molar-refractivity contribution is 8.13. The molecule has 0 spiro atoms. The van der Waals surface area contributed by atoms with Gasteiger partial charge in [-0.15, -0.1) is 0 Å². The van der Waals surface area contributed by atoms with Crippen molar-refractivity contribution in [2.75, 3.05) is 20.3 Å². The van der Waals surface area contributed by atoms with Crippen LogP contribution in [0.5, 0.6) is 0 Å². The molecule has 118 valence electrons. The van der Waals surface area contributed by atoms with Crippen LogP contribution in [-0.4, -0.2) is 34.6 Å². The Hall–Kier alpha value is -1.11. The molecule has 0 fully saturated rings. The molecule has 0 bridgehead atoms. The highest BCUT2D eigenvalue weighted by Crippen LogP contribution is 2.20. The molecule has 0 saturated heterocycles. The zero-order valence-electron chi connectivity index (χ0n) is 12.3. The summed E-state index contributed by atoms with van der Waals surface area (Å²) in [5.41, 5.74) is 0.154. The van der Waals surface area contributed by atoms with Crippen molar-refractivity contribution in [1.82, 2.24) is 5.32 Å². The number of ether oxygens (including phenoxy) is 1. The van der Waals surface area contributed by atoms with Crippen molar-refractivity contribution in [3.63, 3.8) is 0 Å². The number of carbonyl (C=O) groups is 1. The van der Waals surface area contributed by atoms with Crippen molar-refractivity contribution < 1.29 is 17.9 Å². The second-order valence-corrected chi connectivity index (χ2v) is 8.12. The van der Waals surface area contributed by atoms with Crippen LogP contribution in [0.2, 0.25) is 0 Å². The van der Waals surface area contributed by atoms with Crippen molar-refractivity contribution in [1.29, 1.82) is 0 Å². The largest absolute Gasteiger partial charge is 0.385 e. The summed E-state index contributed by atoms with van der Waals surface area (Å²) in [5.74, 6) is -0.331. The van der Waals surface area contributed by atoms with E-state index in [1.54, 1.807) is 13.2 Å². The third-order valence-corrected chi connectivity index (χ3v) is 4.44. The van der Waals surface area contributed by atoms with E-state index in [2.05, 4.69) is 5.32 Å². The number of amides is 1. The van der Waals surface area contributed by atoms with Crippen LogP contribution in [0.15, 0.2) is 29.2 Å². The molecule has 0 aliphatic heterocycles. The number of rotatable bonds is 7. The van der Waals surface area contributed by atoms with Crippen LogP contribution in [0.1, 0.15) is 30.6 Å². The smallest absolute Gasteiger partial charge is 0.261 e. The van der Waals surface area contributed by atoms with E-state index in [4.69, 9.17) is 15.4 Å². The highest BCUT2D eigenvalue weighted by Gasteiger charge is 2.19. The summed E-state index contributed by atoms with van der Waals surface area (Å²) < 4.78 is 27.6. The molecule has 0 saturated carbocycles. The van der Waals surface area contributed by atoms with Crippen molar-refractivity contribution in [2.45, 2.75) is 25.2 Å². The number of carbonyl (C=O) groups excluding carboxylic acids is 1. The standard InChI is InChI=1S/C14H20ClNO4S/c1-14(2,7-8-20-3)10-16-13(17)11-5-4-6-12(9-11)21(15,18)19/h4-6,9H,7-8,10H2,1-3H3,(H,16,17). The van der Waals surface area contributed by atoms with Crippen LogP contribution in [0, 0.1) is 5.41 Å². The Bertz CT molecular complexity index is 599. The molecule has 0 aliphatic rings. The second kappa shape index (κ2) is 7.24. The monoisotopic (exact) mass is 333 g/mol. The van der Waals surface area contributed by atoms with Gasteiger partial charge in [-0.1, -0.05) is 19.9 Å². The fourth-order valence-corrected chi connectivity index (χ4v) is 2.47. The van der Waals surface area contributed by atoms with Crippen molar-refractivity contribution in [3.8, 4) is 0 Å². The molecule has 7 heteroatoms. The minimum absolute atomic E-state index is 0.0875. The summed E-state index contributed by atoms with van der Waals surface area (Å²) >= 11 is 0. The van der Waals surface area contributed by atoms with Crippen molar-refractivity contribution >= 4 is 25.6 Å². The summed E-state index contributed by atoms with van der Waals surface area (Å²) in [6.45, 7) is 5.12. The molecule has 1 amide bonds. The van der Waals surface area contributed by atoms with Crippen LogP contribution in [0.4, 0.5) is 0 Å². The molecule has 0 heterocycles. The molecular formula is C14H20ClNO4S. The van der Waals surface area contributed by atoms with Crippen molar-refractivity contribution in [2.24, 2.45) is 5.41 Å². The Balaban J connectivity index is 2.73. The molecular weight excluding hydrogens is 314 g/mol. The lowest BCUT2D eigenvalue weighted by atomic mass is 9.89. The molecule has 0 aromatic heterocycles. The Kier molecular flexibility index (Phi) is 6.19.